The van der Waals surface area contributed by atoms with Crippen LogP contribution in [0.15, 0.2) is 0 Å². The van der Waals surface area contributed by atoms with Crippen LogP contribution in [0, 0.1) is 11.8 Å². The summed E-state index contributed by atoms with van der Waals surface area (Å²) in [6.07, 6.45) is 15.9. The van der Waals surface area contributed by atoms with Crippen LogP contribution < -0.4 is 0 Å². The van der Waals surface area contributed by atoms with E-state index >= 15 is 0 Å². The van der Waals surface area contributed by atoms with Gasteiger partial charge in [-0.1, -0.05) is 111 Å². The molecule has 0 aliphatic rings. The molecule has 8 nitrogen and oxygen atoms in total. The average Bonchev–Trinajstić information content (AvgIpc) is 2.80. The highest BCUT2D eigenvalue weighted by molar-refractivity contribution is 7.46. The van der Waals surface area contributed by atoms with E-state index in [1.807, 2.05) is 0 Å². The van der Waals surface area contributed by atoms with Crippen molar-refractivity contribution in [3.8, 4) is 0 Å². The fraction of sp³-hybridized carbons (Fsp3) is 0.929. The molecule has 0 unspecified atom stereocenters. The van der Waals surface area contributed by atoms with Crippen LogP contribution in [0.25, 0.3) is 0 Å². The summed E-state index contributed by atoms with van der Waals surface area (Å²) in [4.78, 5) is 42.2. The normalized spacial score (nSPS) is 12.8. The van der Waals surface area contributed by atoms with Crippen LogP contribution in [-0.4, -0.2) is 41.0 Å². The van der Waals surface area contributed by atoms with Crippen molar-refractivity contribution in [2.24, 2.45) is 11.8 Å². The van der Waals surface area contributed by atoms with Crippen molar-refractivity contribution in [3.63, 3.8) is 0 Å². The van der Waals surface area contributed by atoms with E-state index in [2.05, 4.69) is 32.2 Å². The van der Waals surface area contributed by atoms with Crippen molar-refractivity contribution < 1.29 is 37.9 Å². The Bertz CT molecular complexity index is 617. The Morgan fingerprint density at radius 1 is 0.622 bits per heavy atom. The summed E-state index contributed by atoms with van der Waals surface area (Å²) in [5.41, 5.74) is 0. The van der Waals surface area contributed by atoms with Gasteiger partial charge in [-0.3, -0.25) is 14.1 Å². The van der Waals surface area contributed by atoms with E-state index in [0.29, 0.717) is 6.42 Å². The minimum absolute atomic E-state index is 0.212. The van der Waals surface area contributed by atoms with Crippen LogP contribution in [0.4, 0.5) is 0 Å². The van der Waals surface area contributed by atoms with E-state index in [4.69, 9.17) is 19.3 Å². The topological polar surface area (TPSA) is 119 Å². The molecule has 0 saturated carbocycles. The van der Waals surface area contributed by atoms with Gasteiger partial charge in [0.05, 0.1) is 6.61 Å². The van der Waals surface area contributed by atoms with Crippen LogP contribution in [0.1, 0.15) is 137 Å². The van der Waals surface area contributed by atoms with Gasteiger partial charge in [0.2, 0.25) is 0 Å². The Morgan fingerprint density at radius 2 is 1.03 bits per heavy atom. The second kappa shape index (κ2) is 23.0. The predicted molar refractivity (Wildman–Crippen MR) is 147 cm³/mol. The number of unbranched alkanes of at least 4 members (excludes halogenated alkanes) is 11. The van der Waals surface area contributed by atoms with E-state index < -0.39 is 32.5 Å². The Labute approximate surface area is 225 Å². The zero-order valence-electron chi connectivity index (χ0n) is 24.0. The van der Waals surface area contributed by atoms with Crippen molar-refractivity contribution in [2.45, 2.75) is 143 Å². The second-order valence-corrected chi connectivity index (χ2v) is 12.3. The first kappa shape index (κ1) is 36.0. The lowest BCUT2D eigenvalue weighted by Gasteiger charge is -2.18. The Hall–Kier alpha value is -0.950. The molecule has 0 heterocycles. The highest BCUT2D eigenvalue weighted by Gasteiger charge is 2.22. The third-order valence-electron chi connectivity index (χ3n) is 6.23. The molecule has 0 aliphatic carbocycles. The summed E-state index contributed by atoms with van der Waals surface area (Å²) in [5, 5.41) is 0. The van der Waals surface area contributed by atoms with Crippen LogP contribution in [0.3, 0.4) is 0 Å². The summed E-state index contributed by atoms with van der Waals surface area (Å²) in [5.74, 6) is 0.600. The monoisotopic (exact) mass is 550 g/mol. The second-order valence-electron chi connectivity index (χ2n) is 11.0. The van der Waals surface area contributed by atoms with E-state index in [1.165, 1.54) is 51.4 Å². The molecule has 37 heavy (non-hydrogen) atoms. The Morgan fingerprint density at radius 3 is 1.46 bits per heavy atom. The molecule has 9 heteroatoms. The summed E-state index contributed by atoms with van der Waals surface area (Å²) in [7, 11) is -4.73. The van der Waals surface area contributed by atoms with Crippen molar-refractivity contribution in [2.75, 3.05) is 13.2 Å². The molecule has 0 amide bonds. The highest BCUT2D eigenvalue weighted by Crippen LogP contribution is 2.35. The fourth-order valence-corrected chi connectivity index (χ4v) is 4.39. The molecule has 1 atom stereocenters. The van der Waals surface area contributed by atoms with Gasteiger partial charge in [-0.05, 0) is 24.7 Å². The van der Waals surface area contributed by atoms with Crippen LogP contribution >= 0.6 is 7.82 Å². The fourth-order valence-electron chi connectivity index (χ4n) is 4.03. The molecule has 0 radical (unpaired) electrons. The van der Waals surface area contributed by atoms with Gasteiger partial charge in [0.1, 0.15) is 6.61 Å². The molecule has 0 fully saturated rings. The van der Waals surface area contributed by atoms with Crippen LogP contribution in [-0.2, 0) is 28.2 Å². The lowest BCUT2D eigenvalue weighted by molar-refractivity contribution is -0.161. The number of phosphoric ester groups is 1. The van der Waals surface area contributed by atoms with Crippen molar-refractivity contribution in [1.29, 1.82) is 0 Å². The number of carbonyl (C=O) groups is 2. The van der Waals surface area contributed by atoms with Gasteiger partial charge in [0.15, 0.2) is 6.10 Å². The van der Waals surface area contributed by atoms with E-state index in [1.54, 1.807) is 0 Å². The maximum atomic E-state index is 12.2. The van der Waals surface area contributed by atoms with Gasteiger partial charge in [-0.15, -0.1) is 0 Å². The number of ether oxygens (including phenoxy) is 2. The number of carbonyl (C=O) groups excluding carboxylic acids is 2. The first-order valence-electron chi connectivity index (χ1n) is 14.5. The third kappa shape index (κ3) is 27.9. The Balaban J connectivity index is 4.10. The van der Waals surface area contributed by atoms with Crippen molar-refractivity contribution in [1.82, 2.24) is 0 Å². The average molecular weight is 551 g/mol. The summed E-state index contributed by atoms with van der Waals surface area (Å²) >= 11 is 0. The van der Waals surface area contributed by atoms with Gasteiger partial charge in [-0.2, -0.15) is 0 Å². The third-order valence-corrected chi connectivity index (χ3v) is 6.72. The molecular weight excluding hydrogens is 495 g/mol. The zero-order chi connectivity index (χ0) is 27.9. The highest BCUT2D eigenvalue weighted by atomic mass is 31.2. The summed E-state index contributed by atoms with van der Waals surface area (Å²) in [6.45, 7) is 8.13. The molecule has 0 aliphatic heterocycles. The summed E-state index contributed by atoms with van der Waals surface area (Å²) in [6, 6.07) is 0. The standard InChI is InChI=1S/C28H55O8P/c1-24(2)18-14-10-6-5-7-12-16-20-27(29)34-22-26(23-35-37(31,32)33)36-28(30)21-17-13-9-8-11-15-19-25(3)4/h24-26H,5-23H2,1-4H3,(H2,31,32,33)/t26-/m1/s1. The minimum atomic E-state index is -4.73. The number of hydrogen-bond acceptors (Lipinski definition) is 6. The number of rotatable bonds is 25. The first-order chi connectivity index (χ1) is 17.5. The number of esters is 2. The van der Waals surface area contributed by atoms with Gasteiger partial charge in [-0.25, -0.2) is 4.57 Å². The molecular formula is C28H55O8P. The molecule has 2 N–H and O–H groups in total. The van der Waals surface area contributed by atoms with Crippen LogP contribution in [0.2, 0.25) is 0 Å². The van der Waals surface area contributed by atoms with Gasteiger partial charge in [0.25, 0.3) is 0 Å². The smallest absolute Gasteiger partial charge is 0.462 e. The lowest BCUT2D eigenvalue weighted by atomic mass is 10.0. The first-order valence-corrected chi connectivity index (χ1v) is 16.1. The SMILES string of the molecule is CC(C)CCCCCCCCCC(=O)OC[C@H](COP(=O)(O)O)OC(=O)CCCCCCCCC(C)C. The quantitative estimate of drug-likeness (QED) is 0.0681. The maximum Gasteiger partial charge on any atom is 0.469 e. The van der Waals surface area contributed by atoms with E-state index in [9.17, 15) is 14.2 Å². The van der Waals surface area contributed by atoms with Gasteiger partial charge in [0, 0.05) is 12.8 Å². The lowest BCUT2D eigenvalue weighted by Crippen LogP contribution is -2.29. The summed E-state index contributed by atoms with van der Waals surface area (Å²) < 4.78 is 26.0. The number of phosphoric acid groups is 1. The minimum Gasteiger partial charge on any atom is -0.462 e. The van der Waals surface area contributed by atoms with E-state index in [-0.39, 0.29) is 19.4 Å². The van der Waals surface area contributed by atoms with E-state index in [0.717, 1.165) is 50.4 Å². The molecule has 0 spiro atoms. The largest absolute Gasteiger partial charge is 0.469 e. The van der Waals surface area contributed by atoms with Gasteiger partial charge < -0.3 is 19.3 Å². The van der Waals surface area contributed by atoms with Gasteiger partial charge >= 0.3 is 19.8 Å². The molecule has 0 rings (SSSR count). The molecule has 220 valence electrons. The zero-order valence-corrected chi connectivity index (χ0v) is 24.9. The van der Waals surface area contributed by atoms with Crippen LogP contribution in [0.5, 0.6) is 0 Å². The maximum absolute atomic E-state index is 12.2. The molecule has 0 aromatic heterocycles. The predicted octanol–water partition coefficient (Wildman–Crippen LogP) is 7.49. The molecule has 0 aromatic rings. The molecule has 0 aromatic carbocycles. The van der Waals surface area contributed by atoms with Crippen molar-refractivity contribution in [3.05, 3.63) is 0 Å². The van der Waals surface area contributed by atoms with Crippen molar-refractivity contribution >= 4 is 19.8 Å². The molecule has 0 saturated heterocycles. The molecule has 0 bridgehead atoms. The Kier molecular flexibility index (Phi) is 22.4. The number of hydrogen-bond donors (Lipinski definition) is 2.